The van der Waals surface area contributed by atoms with Crippen LogP contribution in [-0.2, 0) is 0 Å². The van der Waals surface area contributed by atoms with Crippen LogP contribution < -0.4 is 4.74 Å². The molecule has 0 radical (unpaired) electrons. The number of ether oxygens (including phenoxy) is 1. The third-order valence-electron chi connectivity index (χ3n) is 3.14. The van der Waals surface area contributed by atoms with Crippen molar-refractivity contribution in [1.82, 2.24) is 0 Å². The molecule has 2 atom stereocenters. The zero-order chi connectivity index (χ0) is 11.8. The summed E-state index contributed by atoms with van der Waals surface area (Å²) in [7, 11) is 0. The van der Waals surface area contributed by atoms with Gasteiger partial charge in [-0.25, -0.2) is 4.39 Å². The number of para-hydroxylation sites is 1. The topological polar surface area (TPSA) is 9.23 Å². The first-order valence-corrected chi connectivity index (χ1v) is 5.41. The average molecular weight is 218 g/mol. The number of halogens is 1. The Labute approximate surface area is 95.6 Å². The molecule has 0 saturated heterocycles. The fraction of sp³-hybridized carbons (Fsp3) is 0.429. The quantitative estimate of drug-likeness (QED) is 0.658. The minimum absolute atomic E-state index is 0.204. The molecule has 1 aliphatic rings. The van der Waals surface area contributed by atoms with Crippen molar-refractivity contribution in [1.29, 1.82) is 0 Å². The first kappa shape index (κ1) is 11.0. The molecule has 0 bridgehead atoms. The molecule has 1 aromatic carbocycles. The summed E-state index contributed by atoms with van der Waals surface area (Å²) in [4.78, 5) is 0. The molecule has 16 heavy (non-hydrogen) atoms. The molecule has 0 fully saturated rings. The molecule has 1 aromatic rings. The fourth-order valence-corrected chi connectivity index (χ4v) is 2.16. The van der Waals surface area contributed by atoms with E-state index < -0.39 is 5.67 Å². The van der Waals surface area contributed by atoms with E-state index in [1.807, 2.05) is 24.3 Å². The summed E-state index contributed by atoms with van der Waals surface area (Å²) in [5, 5.41) is 0. The van der Waals surface area contributed by atoms with E-state index in [1.165, 1.54) is 0 Å². The van der Waals surface area contributed by atoms with Gasteiger partial charge in [0.05, 0.1) is 12.5 Å². The van der Waals surface area contributed by atoms with Gasteiger partial charge in [0.15, 0.2) is 0 Å². The Morgan fingerprint density at radius 1 is 1.44 bits per heavy atom. The highest BCUT2D eigenvalue weighted by Crippen LogP contribution is 2.42. The maximum atomic E-state index is 14.0. The van der Waals surface area contributed by atoms with Gasteiger partial charge in [-0.3, -0.25) is 0 Å². The largest absolute Gasteiger partial charge is 0.493 e. The first-order chi connectivity index (χ1) is 7.54. The van der Waals surface area contributed by atoms with Crippen LogP contribution in [0.3, 0.4) is 0 Å². The maximum Gasteiger partial charge on any atom is 0.123 e. The number of hydrogen-bond acceptors (Lipinski definition) is 1. The summed E-state index contributed by atoms with van der Waals surface area (Å²) in [5.41, 5.74) is -0.406. The van der Waals surface area contributed by atoms with Crippen LogP contribution >= 0.6 is 0 Å². The van der Waals surface area contributed by atoms with E-state index in [9.17, 15) is 4.39 Å². The molecule has 1 heterocycles. The minimum Gasteiger partial charge on any atom is -0.493 e. The number of alkyl halides is 1. The fourth-order valence-electron chi connectivity index (χ4n) is 2.16. The second-order valence-corrected chi connectivity index (χ2v) is 4.66. The molecule has 2 unspecified atom stereocenters. The SMILES string of the molecule is C#CC1c2ccccc2OCC1C(C)(C)F. The van der Waals surface area contributed by atoms with E-state index in [2.05, 4.69) is 5.92 Å². The second-order valence-electron chi connectivity index (χ2n) is 4.66. The number of benzene rings is 1. The molecular formula is C14H15FO. The number of hydrogen-bond donors (Lipinski definition) is 0. The molecule has 2 rings (SSSR count). The average Bonchev–Trinajstić information content (AvgIpc) is 2.26. The van der Waals surface area contributed by atoms with Crippen LogP contribution in [0.2, 0.25) is 0 Å². The molecule has 84 valence electrons. The number of fused-ring (bicyclic) bond motifs is 1. The number of rotatable bonds is 1. The minimum atomic E-state index is -1.33. The van der Waals surface area contributed by atoms with Crippen molar-refractivity contribution >= 4 is 0 Å². The molecule has 0 aliphatic carbocycles. The summed E-state index contributed by atoms with van der Waals surface area (Å²) in [6.07, 6.45) is 5.53. The van der Waals surface area contributed by atoms with Crippen LogP contribution in [0.1, 0.15) is 25.3 Å². The van der Waals surface area contributed by atoms with Crippen molar-refractivity contribution < 1.29 is 9.13 Å². The van der Waals surface area contributed by atoms with E-state index in [0.29, 0.717) is 6.61 Å². The normalized spacial score (nSPS) is 24.1. The van der Waals surface area contributed by atoms with Gasteiger partial charge in [0, 0.05) is 11.5 Å². The first-order valence-electron chi connectivity index (χ1n) is 5.41. The maximum absolute atomic E-state index is 14.0. The van der Waals surface area contributed by atoms with Crippen LogP contribution in [0.4, 0.5) is 4.39 Å². The molecule has 0 aromatic heterocycles. The summed E-state index contributed by atoms with van der Waals surface area (Å²) >= 11 is 0. The smallest absolute Gasteiger partial charge is 0.123 e. The Morgan fingerprint density at radius 2 is 2.12 bits per heavy atom. The van der Waals surface area contributed by atoms with Gasteiger partial charge in [-0.05, 0) is 19.9 Å². The molecule has 2 heteroatoms. The van der Waals surface area contributed by atoms with Gasteiger partial charge < -0.3 is 4.74 Å². The van der Waals surface area contributed by atoms with Crippen molar-refractivity contribution in [2.24, 2.45) is 5.92 Å². The van der Waals surface area contributed by atoms with Crippen molar-refractivity contribution in [3.8, 4) is 18.1 Å². The van der Waals surface area contributed by atoms with Crippen molar-refractivity contribution in [3.05, 3.63) is 29.8 Å². The summed E-state index contributed by atoms with van der Waals surface area (Å²) < 4.78 is 19.6. The predicted octanol–water partition coefficient (Wildman–Crippen LogP) is 3.16. The van der Waals surface area contributed by atoms with Crippen LogP contribution in [-0.4, -0.2) is 12.3 Å². The van der Waals surface area contributed by atoms with Gasteiger partial charge in [0.1, 0.15) is 11.4 Å². The molecule has 0 spiro atoms. The van der Waals surface area contributed by atoms with Gasteiger partial charge in [0.2, 0.25) is 0 Å². The van der Waals surface area contributed by atoms with Crippen LogP contribution in [0.5, 0.6) is 5.75 Å². The Balaban J connectivity index is 2.43. The molecule has 0 N–H and O–H groups in total. The van der Waals surface area contributed by atoms with Crippen LogP contribution in [0, 0.1) is 18.3 Å². The lowest BCUT2D eigenvalue weighted by Crippen LogP contribution is -2.38. The third kappa shape index (κ3) is 1.78. The molecule has 0 saturated carbocycles. The van der Waals surface area contributed by atoms with E-state index in [1.54, 1.807) is 13.8 Å². The van der Waals surface area contributed by atoms with Crippen LogP contribution in [0.25, 0.3) is 0 Å². The Morgan fingerprint density at radius 3 is 2.75 bits per heavy atom. The van der Waals surface area contributed by atoms with E-state index in [4.69, 9.17) is 11.2 Å². The zero-order valence-corrected chi connectivity index (χ0v) is 9.53. The van der Waals surface area contributed by atoms with E-state index in [0.717, 1.165) is 11.3 Å². The molecular weight excluding hydrogens is 203 g/mol. The van der Waals surface area contributed by atoms with E-state index >= 15 is 0 Å². The second kappa shape index (κ2) is 3.83. The van der Waals surface area contributed by atoms with Gasteiger partial charge in [-0.2, -0.15) is 0 Å². The third-order valence-corrected chi connectivity index (χ3v) is 3.14. The van der Waals surface area contributed by atoms with Crippen molar-refractivity contribution in [2.75, 3.05) is 6.61 Å². The summed E-state index contributed by atoms with van der Waals surface area (Å²) in [6, 6.07) is 7.59. The highest BCUT2D eigenvalue weighted by molar-refractivity contribution is 5.42. The highest BCUT2D eigenvalue weighted by Gasteiger charge is 2.40. The van der Waals surface area contributed by atoms with Gasteiger partial charge in [0.25, 0.3) is 0 Å². The van der Waals surface area contributed by atoms with Gasteiger partial charge in [-0.15, -0.1) is 6.42 Å². The Hall–Kier alpha value is -1.49. The Bertz CT molecular complexity index is 425. The predicted molar refractivity (Wildman–Crippen MR) is 62.2 cm³/mol. The van der Waals surface area contributed by atoms with Crippen molar-refractivity contribution in [3.63, 3.8) is 0 Å². The summed E-state index contributed by atoms with van der Waals surface area (Å²) in [5.74, 6) is 2.99. The standard InChI is InChI=1S/C14H15FO/c1-4-10-11-7-5-6-8-13(11)16-9-12(10)14(2,3)15/h1,5-8,10,12H,9H2,2-3H3. The molecule has 0 amide bonds. The van der Waals surface area contributed by atoms with Gasteiger partial charge in [-0.1, -0.05) is 24.1 Å². The van der Waals surface area contributed by atoms with Gasteiger partial charge >= 0.3 is 0 Å². The lowest BCUT2D eigenvalue weighted by Gasteiger charge is -2.36. The van der Waals surface area contributed by atoms with Crippen molar-refractivity contribution in [2.45, 2.75) is 25.4 Å². The lowest BCUT2D eigenvalue weighted by molar-refractivity contribution is 0.0607. The zero-order valence-electron chi connectivity index (χ0n) is 9.53. The molecule has 1 aliphatic heterocycles. The summed E-state index contributed by atoms with van der Waals surface area (Å²) in [6.45, 7) is 3.45. The Kier molecular flexibility index (Phi) is 2.63. The monoisotopic (exact) mass is 218 g/mol. The lowest BCUT2D eigenvalue weighted by atomic mass is 9.77. The van der Waals surface area contributed by atoms with Crippen LogP contribution in [0.15, 0.2) is 24.3 Å². The number of terminal acetylenes is 1. The molecule has 1 nitrogen and oxygen atoms in total. The van der Waals surface area contributed by atoms with E-state index in [-0.39, 0.29) is 11.8 Å². The highest BCUT2D eigenvalue weighted by atomic mass is 19.1.